The van der Waals surface area contributed by atoms with Gasteiger partial charge in [0.05, 0.1) is 12.1 Å². The van der Waals surface area contributed by atoms with Crippen LogP contribution in [0.4, 0.5) is 0 Å². The number of hydrogen-bond donors (Lipinski definition) is 0. The SMILES string of the molecule is C=CN(Cc1ccccc1)C(=O)c1ccn(Cc2ccccc2)c1C. The molecule has 126 valence electrons. The van der Waals surface area contributed by atoms with E-state index in [1.54, 1.807) is 11.1 Å². The topological polar surface area (TPSA) is 25.2 Å². The number of aromatic nitrogens is 1. The van der Waals surface area contributed by atoms with Crippen molar-refractivity contribution in [3.05, 3.63) is 108 Å². The fourth-order valence-corrected chi connectivity index (χ4v) is 2.88. The predicted molar refractivity (Wildman–Crippen MR) is 101 cm³/mol. The van der Waals surface area contributed by atoms with Crippen LogP contribution >= 0.6 is 0 Å². The third-order valence-electron chi connectivity index (χ3n) is 4.34. The third-order valence-corrected chi connectivity index (χ3v) is 4.34. The zero-order chi connectivity index (χ0) is 17.6. The second-order valence-electron chi connectivity index (χ2n) is 6.03. The van der Waals surface area contributed by atoms with Crippen LogP contribution in [0, 0.1) is 6.92 Å². The Morgan fingerprint density at radius 3 is 2.20 bits per heavy atom. The Morgan fingerprint density at radius 2 is 1.60 bits per heavy atom. The molecule has 1 amide bonds. The number of carbonyl (C=O) groups is 1. The van der Waals surface area contributed by atoms with Crippen molar-refractivity contribution < 1.29 is 4.79 Å². The second-order valence-corrected chi connectivity index (χ2v) is 6.03. The zero-order valence-electron chi connectivity index (χ0n) is 14.4. The van der Waals surface area contributed by atoms with Crippen molar-refractivity contribution in [1.82, 2.24) is 9.47 Å². The van der Waals surface area contributed by atoms with Crippen LogP contribution in [-0.4, -0.2) is 15.4 Å². The van der Waals surface area contributed by atoms with Gasteiger partial charge in [0.15, 0.2) is 0 Å². The summed E-state index contributed by atoms with van der Waals surface area (Å²) in [6.07, 6.45) is 3.57. The maximum atomic E-state index is 12.9. The molecule has 3 rings (SSSR count). The predicted octanol–water partition coefficient (Wildman–Crippen LogP) is 4.63. The van der Waals surface area contributed by atoms with E-state index in [9.17, 15) is 4.79 Å². The molecular formula is C22H22N2O. The summed E-state index contributed by atoms with van der Waals surface area (Å²) in [7, 11) is 0. The normalized spacial score (nSPS) is 10.4. The van der Waals surface area contributed by atoms with Gasteiger partial charge in [-0.2, -0.15) is 0 Å². The summed E-state index contributed by atoms with van der Waals surface area (Å²) in [4.78, 5) is 14.6. The van der Waals surface area contributed by atoms with E-state index in [2.05, 4.69) is 23.3 Å². The van der Waals surface area contributed by atoms with Crippen LogP contribution < -0.4 is 0 Å². The molecule has 0 fully saturated rings. The quantitative estimate of drug-likeness (QED) is 0.647. The van der Waals surface area contributed by atoms with Gasteiger partial charge in [-0.1, -0.05) is 67.2 Å². The summed E-state index contributed by atoms with van der Waals surface area (Å²) in [6, 6.07) is 22.1. The van der Waals surface area contributed by atoms with Crippen molar-refractivity contribution in [3.63, 3.8) is 0 Å². The Balaban J connectivity index is 1.78. The fourth-order valence-electron chi connectivity index (χ4n) is 2.88. The summed E-state index contributed by atoms with van der Waals surface area (Å²) >= 11 is 0. The molecule has 3 heteroatoms. The van der Waals surface area contributed by atoms with Crippen LogP contribution in [0.15, 0.2) is 85.7 Å². The Labute approximate surface area is 148 Å². The van der Waals surface area contributed by atoms with Crippen molar-refractivity contribution >= 4 is 5.91 Å². The summed E-state index contributed by atoms with van der Waals surface area (Å²) in [6.45, 7) is 7.07. The summed E-state index contributed by atoms with van der Waals surface area (Å²) < 4.78 is 2.10. The van der Waals surface area contributed by atoms with Crippen LogP contribution in [0.2, 0.25) is 0 Å². The lowest BCUT2D eigenvalue weighted by Gasteiger charge is -2.18. The largest absolute Gasteiger partial charge is 0.347 e. The first kappa shape index (κ1) is 16.8. The molecule has 0 aliphatic rings. The van der Waals surface area contributed by atoms with Crippen molar-refractivity contribution in [1.29, 1.82) is 0 Å². The minimum Gasteiger partial charge on any atom is -0.347 e. The molecule has 1 aromatic heterocycles. The number of hydrogen-bond acceptors (Lipinski definition) is 1. The smallest absolute Gasteiger partial charge is 0.259 e. The van der Waals surface area contributed by atoms with Gasteiger partial charge in [0.1, 0.15) is 0 Å². The molecule has 3 aromatic rings. The molecule has 0 saturated heterocycles. The van der Waals surface area contributed by atoms with E-state index in [-0.39, 0.29) is 5.91 Å². The van der Waals surface area contributed by atoms with Gasteiger partial charge in [0, 0.05) is 24.6 Å². The van der Waals surface area contributed by atoms with Gasteiger partial charge in [0.2, 0.25) is 0 Å². The number of amides is 1. The zero-order valence-corrected chi connectivity index (χ0v) is 14.4. The van der Waals surface area contributed by atoms with Gasteiger partial charge >= 0.3 is 0 Å². The molecule has 0 radical (unpaired) electrons. The Morgan fingerprint density at radius 1 is 1.00 bits per heavy atom. The summed E-state index contributed by atoms with van der Waals surface area (Å²) in [5, 5.41) is 0. The molecule has 2 aromatic carbocycles. The van der Waals surface area contributed by atoms with Crippen molar-refractivity contribution in [2.45, 2.75) is 20.0 Å². The van der Waals surface area contributed by atoms with Crippen LogP contribution in [0.3, 0.4) is 0 Å². The lowest BCUT2D eigenvalue weighted by molar-refractivity contribution is 0.0813. The molecule has 0 spiro atoms. The van der Waals surface area contributed by atoms with Crippen LogP contribution in [0.25, 0.3) is 0 Å². The molecule has 0 aliphatic carbocycles. The lowest BCUT2D eigenvalue weighted by Crippen LogP contribution is -2.25. The molecule has 0 N–H and O–H groups in total. The molecule has 0 atom stereocenters. The van der Waals surface area contributed by atoms with Crippen LogP contribution in [0.1, 0.15) is 27.2 Å². The molecule has 3 nitrogen and oxygen atoms in total. The van der Waals surface area contributed by atoms with Gasteiger partial charge in [-0.15, -0.1) is 0 Å². The second kappa shape index (κ2) is 7.67. The standard InChI is InChI=1S/C22H22N2O/c1-3-23(16-19-10-6-4-7-11-19)22(25)21-14-15-24(18(21)2)17-20-12-8-5-9-13-20/h3-15H,1,16-17H2,2H3. The maximum absolute atomic E-state index is 12.9. The minimum absolute atomic E-state index is 0.0248. The highest BCUT2D eigenvalue weighted by molar-refractivity contribution is 5.96. The molecular weight excluding hydrogens is 308 g/mol. The number of carbonyl (C=O) groups excluding carboxylic acids is 1. The van der Waals surface area contributed by atoms with E-state index in [0.717, 1.165) is 17.8 Å². The minimum atomic E-state index is -0.0248. The van der Waals surface area contributed by atoms with Gasteiger partial charge in [-0.25, -0.2) is 0 Å². The highest BCUT2D eigenvalue weighted by Crippen LogP contribution is 2.17. The summed E-state index contributed by atoms with van der Waals surface area (Å²) in [5.74, 6) is -0.0248. The van der Waals surface area contributed by atoms with E-state index >= 15 is 0 Å². The Kier molecular flexibility index (Phi) is 5.14. The molecule has 1 heterocycles. The van der Waals surface area contributed by atoms with E-state index in [0.29, 0.717) is 12.1 Å². The maximum Gasteiger partial charge on any atom is 0.259 e. The Hall–Kier alpha value is -3.07. The first-order valence-corrected chi connectivity index (χ1v) is 8.36. The van der Waals surface area contributed by atoms with E-state index in [4.69, 9.17) is 0 Å². The van der Waals surface area contributed by atoms with E-state index < -0.39 is 0 Å². The summed E-state index contributed by atoms with van der Waals surface area (Å²) in [5.41, 5.74) is 3.97. The van der Waals surface area contributed by atoms with Gasteiger partial charge < -0.3 is 9.47 Å². The van der Waals surface area contributed by atoms with Crippen molar-refractivity contribution in [2.75, 3.05) is 0 Å². The molecule has 0 unspecified atom stereocenters. The number of rotatable bonds is 6. The first-order chi connectivity index (χ1) is 12.2. The molecule has 0 bridgehead atoms. The highest BCUT2D eigenvalue weighted by Gasteiger charge is 2.18. The molecule has 0 aliphatic heterocycles. The molecule has 25 heavy (non-hydrogen) atoms. The Bertz CT molecular complexity index is 850. The van der Waals surface area contributed by atoms with Gasteiger partial charge in [-0.3, -0.25) is 4.79 Å². The molecule has 0 saturated carbocycles. The van der Waals surface area contributed by atoms with Crippen LogP contribution in [-0.2, 0) is 13.1 Å². The highest BCUT2D eigenvalue weighted by atomic mass is 16.2. The van der Waals surface area contributed by atoms with Crippen molar-refractivity contribution in [3.8, 4) is 0 Å². The fraction of sp³-hybridized carbons (Fsp3) is 0.136. The van der Waals surface area contributed by atoms with Gasteiger partial charge in [0.25, 0.3) is 5.91 Å². The lowest BCUT2D eigenvalue weighted by atomic mass is 10.1. The van der Waals surface area contributed by atoms with Crippen molar-refractivity contribution in [2.24, 2.45) is 0 Å². The third kappa shape index (κ3) is 3.89. The van der Waals surface area contributed by atoms with E-state index in [1.807, 2.05) is 67.7 Å². The van der Waals surface area contributed by atoms with Crippen LogP contribution in [0.5, 0.6) is 0 Å². The number of benzene rings is 2. The monoisotopic (exact) mass is 330 g/mol. The van der Waals surface area contributed by atoms with E-state index in [1.165, 1.54) is 5.56 Å². The average Bonchev–Trinajstić information content (AvgIpc) is 3.01. The average molecular weight is 330 g/mol. The first-order valence-electron chi connectivity index (χ1n) is 8.36. The van der Waals surface area contributed by atoms with Gasteiger partial charge in [-0.05, 0) is 24.1 Å². The number of nitrogens with zero attached hydrogens (tertiary/aromatic N) is 2.